The van der Waals surface area contributed by atoms with E-state index in [2.05, 4.69) is 22.0 Å². The van der Waals surface area contributed by atoms with Crippen LogP contribution in [0.15, 0.2) is 58.3 Å². The van der Waals surface area contributed by atoms with Crippen molar-refractivity contribution in [2.75, 3.05) is 0 Å². The Bertz CT molecular complexity index is 951. The summed E-state index contributed by atoms with van der Waals surface area (Å²) in [7, 11) is 0. The fourth-order valence-corrected chi connectivity index (χ4v) is 2.86. The molecule has 0 aliphatic carbocycles. The normalized spacial score (nSPS) is 11.7. The Balaban J connectivity index is 2.11. The molecule has 1 aromatic carbocycles. The second kappa shape index (κ2) is 7.30. The van der Waals surface area contributed by atoms with Crippen molar-refractivity contribution in [3.63, 3.8) is 0 Å². The van der Waals surface area contributed by atoms with Gasteiger partial charge in [0.05, 0.1) is 17.0 Å². The predicted molar refractivity (Wildman–Crippen MR) is 101 cm³/mol. The molecule has 0 saturated heterocycles. The zero-order valence-electron chi connectivity index (χ0n) is 14.8. The number of aliphatic imine (C=N–C) groups is 1. The van der Waals surface area contributed by atoms with Crippen LogP contribution in [0.2, 0.25) is 0 Å². The van der Waals surface area contributed by atoms with Crippen LogP contribution in [0.25, 0.3) is 5.69 Å². The third-order valence-corrected chi connectivity index (χ3v) is 4.00. The number of aromatic amines is 1. The molecule has 1 N–H and O–H groups in total. The maximum Gasteiger partial charge on any atom is 0.280 e. The Hall–Kier alpha value is -2.95. The van der Waals surface area contributed by atoms with Crippen LogP contribution >= 0.6 is 0 Å². The molecule has 0 radical (unpaired) electrons. The molecule has 2 heterocycles. The van der Waals surface area contributed by atoms with E-state index in [9.17, 15) is 4.79 Å². The van der Waals surface area contributed by atoms with Gasteiger partial charge in [0.1, 0.15) is 0 Å². The topological polar surface area (TPSA) is 63.0 Å². The van der Waals surface area contributed by atoms with Crippen LogP contribution in [0.1, 0.15) is 37.2 Å². The van der Waals surface area contributed by atoms with Gasteiger partial charge in [0, 0.05) is 11.4 Å². The minimum Gasteiger partial charge on any atom is -0.294 e. The minimum atomic E-state index is -0.0800. The lowest BCUT2D eigenvalue weighted by Gasteiger charge is -2.01. The van der Waals surface area contributed by atoms with E-state index in [1.54, 1.807) is 4.68 Å². The van der Waals surface area contributed by atoms with Crippen molar-refractivity contribution in [2.24, 2.45) is 4.99 Å². The van der Waals surface area contributed by atoms with E-state index in [-0.39, 0.29) is 5.56 Å². The van der Waals surface area contributed by atoms with Gasteiger partial charge in [-0.2, -0.15) is 0 Å². The molecule has 128 valence electrons. The quantitative estimate of drug-likeness (QED) is 0.718. The SMILES string of the molecule is CCCc1[nH]n(-c2ccccc2)c(=O)c1/C(C)=N\c1cccc(C)n1. The van der Waals surface area contributed by atoms with E-state index in [1.807, 2.05) is 62.4 Å². The highest BCUT2D eigenvalue weighted by molar-refractivity contribution is 6.00. The smallest absolute Gasteiger partial charge is 0.280 e. The van der Waals surface area contributed by atoms with E-state index in [0.29, 0.717) is 17.1 Å². The number of pyridine rings is 1. The third kappa shape index (κ3) is 3.60. The maximum atomic E-state index is 13.0. The molecule has 0 aliphatic heterocycles. The highest BCUT2D eigenvalue weighted by Crippen LogP contribution is 2.14. The van der Waals surface area contributed by atoms with Crippen LogP contribution < -0.4 is 5.56 Å². The lowest BCUT2D eigenvalue weighted by atomic mass is 10.1. The summed E-state index contributed by atoms with van der Waals surface area (Å²) >= 11 is 0. The molecule has 3 aromatic rings. The number of aromatic nitrogens is 3. The number of rotatable bonds is 5. The van der Waals surface area contributed by atoms with Crippen LogP contribution in [0.4, 0.5) is 5.82 Å². The largest absolute Gasteiger partial charge is 0.294 e. The minimum absolute atomic E-state index is 0.0800. The van der Waals surface area contributed by atoms with Crippen molar-refractivity contribution in [1.29, 1.82) is 0 Å². The van der Waals surface area contributed by atoms with Gasteiger partial charge in [-0.15, -0.1) is 0 Å². The number of nitrogens with zero attached hydrogens (tertiary/aromatic N) is 3. The van der Waals surface area contributed by atoms with Crippen LogP contribution in [0.3, 0.4) is 0 Å². The third-order valence-electron chi connectivity index (χ3n) is 4.00. The van der Waals surface area contributed by atoms with Gasteiger partial charge in [0.15, 0.2) is 5.82 Å². The standard InChI is InChI=1S/C20H22N4O/c1-4-9-17-19(15(3)22-18-13-8-10-14(2)21-18)20(25)24(23-17)16-11-6-5-7-12-16/h5-8,10-13,23H,4,9H2,1-3H3/b22-15-. The Kier molecular flexibility index (Phi) is 4.93. The molecule has 0 fully saturated rings. The van der Waals surface area contributed by atoms with Crippen LogP contribution in [0.5, 0.6) is 0 Å². The molecule has 5 heteroatoms. The number of hydrogen-bond donors (Lipinski definition) is 1. The van der Waals surface area contributed by atoms with Gasteiger partial charge in [-0.1, -0.05) is 37.6 Å². The van der Waals surface area contributed by atoms with E-state index < -0.39 is 0 Å². The lowest BCUT2D eigenvalue weighted by Crippen LogP contribution is -2.19. The summed E-state index contributed by atoms with van der Waals surface area (Å²) in [4.78, 5) is 22.0. The van der Waals surface area contributed by atoms with E-state index in [0.717, 1.165) is 29.9 Å². The van der Waals surface area contributed by atoms with Crippen molar-refractivity contribution in [3.8, 4) is 5.69 Å². The van der Waals surface area contributed by atoms with Crippen molar-refractivity contribution < 1.29 is 0 Å². The van der Waals surface area contributed by atoms with E-state index in [4.69, 9.17) is 0 Å². The highest BCUT2D eigenvalue weighted by atomic mass is 16.1. The van der Waals surface area contributed by atoms with Crippen molar-refractivity contribution in [3.05, 3.63) is 75.8 Å². The molecule has 0 unspecified atom stereocenters. The van der Waals surface area contributed by atoms with Crippen molar-refractivity contribution >= 4 is 11.5 Å². The first-order valence-electron chi connectivity index (χ1n) is 8.48. The maximum absolute atomic E-state index is 13.0. The molecule has 0 aliphatic rings. The lowest BCUT2D eigenvalue weighted by molar-refractivity contribution is 0.793. The van der Waals surface area contributed by atoms with Gasteiger partial charge in [-0.25, -0.2) is 14.7 Å². The Labute approximate surface area is 147 Å². The number of benzene rings is 1. The number of H-pyrrole nitrogens is 1. The van der Waals surface area contributed by atoms with Gasteiger partial charge in [-0.3, -0.25) is 9.89 Å². The molecule has 0 atom stereocenters. The first-order chi connectivity index (χ1) is 12.1. The molecular formula is C20H22N4O. The second-order valence-corrected chi connectivity index (χ2v) is 6.03. The second-order valence-electron chi connectivity index (χ2n) is 6.03. The van der Waals surface area contributed by atoms with Gasteiger partial charge in [0.25, 0.3) is 5.56 Å². The summed E-state index contributed by atoms with van der Waals surface area (Å²) in [6.07, 6.45) is 1.73. The molecular weight excluding hydrogens is 312 g/mol. The molecule has 2 aromatic heterocycles. The molecule has 0 saturated carbocycles. The number of aryl methyl sites for hydroxylation is 2. The Morgan fingerprint density at radius 2 is 1.92 bits per heavy atom. The average Bonchev–Trinajstić information content (AvgIpc) is 2.92. The summed E-state index contributed by atoms with van der Waals surface area (Å²) in [6, 6.07) is 15.3. The summed E-state index contributed by atoms with van der Waals surface area (Å²) in [5.74, 6) is 0.617. The molecule has 0 bridgehead atoms. The molecule has 5 nitrogen and oxygen atoms in total. The fourth-order valence-electron chi connectivity index (χ4n) is 2.86. The Morgan fingerprint density at radius 3 is 2.60 bits per heavy atom. The van der Waals surface area contributed by atoms with Crippen LogP contribution in [0, 0.1) is 6.92 Å². The van der Waals surface area contributed by atoms with E-state index >= 15 is 0 Å². The summed E-state index contributed by atoms with van der Waals surface area (Å²) in [5.41, 5.74) is 3.86. The summed E-state index contributed by atoms with van der Waals surface area (Å²) in [6.45, 7) is 5.88. The van der Waals surface area contributed by atoms with Gasteiger partial charge < -0.3 is 0 Å². The monoisotopic (exact) mass is 334 g/mol. The van der Waals surface area contributed by atoms with E-state index in [1.165, 1.54) is 0 Å². The van der Waals surface area contributed by atoms with Gasteiger partial charge in [0.2, 0.25) is 0 Å². The van der Waals surface area contributed by atoms with Crippen LogP contribution in [-0.4, -0.2) is 20.5 Å². The number of para-hydroxylation sites is 1. The summed E-state index contributed by atoms with van der Waals surface area (Å²) in [5, 5.41) is 3.25. The molecule has 3 rings (SSSR count). The first kappa shape index (κ1) is 16.9. The number of nitrogens with one attached hydrogen (secondary N) is 1. The van der Waals surface area contributed by atoms with Crippen molar-refractivity contribution in [2.45, 2.75) is 33.6 Å². The highest BCUT2D eigenvalue weighted by Gasteiger charge is 2.17. The van der Waals surface area contributed by atoms with Gasteiger partial charge >= 0.3 is 0 Å². The molecule has 25 heavy (non-hydrogen) atoms. The zero-order valence-corrected chi connectivity index (χ0v) is 14.8. The zero-order chi connectivity index (χ0) is 17.8. The van der Waals surface area contributed by atoms with Gasteiger partial charge in [-0.05, 0) is 44.5 Å². The van der Waals surface area contributed by atoms with Crippen LogP contribution in [-0.2, 0) is 6.42 Å². The Morgan fingerprint density at radius 1 is 1.16 bits per heavy atom. The molecule has 0 spiro atoms. The molecule has 0 amide bonds. The average molecular weight is 334 g/mol. The predicted octanol–water partition coefficient (Wildman–Crippen LogP) is 3.96. The summed E-state index contributed by atoms with van der Waals surface area (Å²) < 4.78 is 1.59. The number of hydrogen-bond acceptors (Lipinski definition) is 3. The fraction of sp³-hybridized carbons (Fsp3) is 0.250. The first-order valence-corrected chi connectivity index (χ1v) is 8.48. The van der Waals surface area contributed by atoms with Crippen molar-refractivity contribution in [1.82, 2.24) is 14.8 Å².